The molecule has 21 heavy (non-hydrogen) atoms. The molecule has 0 radical (unpaired) electrons. The Bertz CT molecular complexity index is 566. The summed E-state index contributed by atoms with van der Waals surface area (Å²) in [6.45, 7) is 2.56. The van der Waals surface area contributed by atoms with Crippen molar-refractivity contribution in [2.75, 3.05) is 25.2 Å². The number of anilines is 1. The summed E-state index contributed by atoms with van der Waals surface area (Å²) in [5.41, 5.74) is 0.878. The average molecular weight is 285 g/mol. The normalized spacial score (nSPS) is 10.0. The zero-order chi connectivity index (χ0) is 15.1. The minimum absolute atomic E-state index is 0.00899. The van der Waals surface area contributed by atoms with Gasteiger partial charge in [0.15, 0.2) is 6.61 Å². The number of benzene rings is 2. The second kappa shape index (κ2) is 7.33. The molecule has 1 amide bonds. The molecule has 0 fully saturated rings. The van der Waals surface area contributed by atoms with Gasteiger partial charge in [-0.05, 0) is 43.3 Å². The third-order valence-electron chi connectivity index (χ3n) is 3.11. The van der Waals surface area contributed by atoms with E-state index >= 15 is 0 Å². The van der Waals surface area contributed by atoms with Gasteiger partial charge in [0.1, 0.15) is 11.5 Å². The molecule has 2 aromatic carbocycles. The van der Waals surface area contributed by atoms with E-state index in [9.17, 15) is 4.79 Å². The lowest BCUT2D eigenvalue weighted by molar-refractivity contribution is -0.120. The summed E-state index contributed by atoms with van der Waals surface area (Å²) in [5.74, 6) is 1.33. The predicted molar refractivity (Wildman–Crippen MR) is 83.0 cm³/mol. The van der Waals surface area contributed by atoms with Gasteiger partial charge in [-0.1, -0.05) is 18.2 Å². The highest BCUT2D eigenvalue weighted by atomic mass is 16.5. The van der Waals surface area contributed by atoms with Crippen LogP contribution in [0.4, 0.5) is 5.69 Å². The highest BCUT2D eigenvalue weighted by Crippen LogP contribution is 2.18. The zero-order valence-corrected chi connectivity index (χ0v) is 12.3. The maximum Gasteiger partial charge on any atom is 0.264 e. The van der Waals surface area contributed by atoms with Crippen LogP contribution >= 0.6 is 0 Å². The number of likely N-dealkylation sites (N-methyl/N-ethyl adjacent to an activating group) is 1. The SMILES string of the molecule is CCN(C(=O)COc1ccc(OC)cc1)c1ccccc1. The highest BCUT2D eigenvalue weighted by molar-refractivity contribution is 5.94. The second-order valence-corrected chi connectivity index (χ2v) is 4.44. The molecule has 0 bridgehead atoms. The monoisotopic (exact) mass is 285 g/mol. The molecule has 0 N–H and O–H groups in total. The number of carbonyl (C=O) groups is 1. The van der Waals surface area contributed by atoms with Crippen molar-refractivity contribution in [2.45, 2.75) is 6.92 Å². The van der Waals surface area contributed by atoms with Crippen molar-refractivity contribution in [3.8, 4) is 11.5 Å². The van der Waals surface area contributed by atoms with E-state index in [0.717, 1.165) is 11.4 Å². The minimum Gasteiger partial charge on any atom is -0.497 e. The number of rotatable bonds is 6. The van der Waals surface area contributed by atoms with Crippen molar-refractivity contribution in [1.82, 2.24) is 0 Å². The third kappa shape index (κ3) is 3.99. The molecule has 0 saturated carbocycles. The average Bonchev–Trinajstić information content (AvgIpc) is 2.55. The maximum atomic E-state index is 12.2. The largest absolute Gasteiger partial charge is 0.497 e. The fraction of sp³-hybridized carbons (Fsp3) is 0.235. The van der Waals surface area contributed by atoms with Crippen molar-refractivity contribution in [2.24, 2.45) is 0 Å². The van der Waals surface area contributed by atoms with Crippen molar-refractivity contribution < 1.29 is 14.3 Å². The molecule has 2 rings (SSSR count). The van der Waals surface area contributed by atoms with Crippen LogP contribution in [-0.2, 0) is 4.79 Å². The van der Waals surface area contributed by atoms with Crippen molar-refractivity contribution in [3.05, 3.63) is 54.6 Å². The van der Waals surface area contributed by atoms with Gasteiger partial charge in [0.05, 0.1) is 7.11 Å². The summed E-state index contributed by atoms with van der Waals surface area (Å²) >= 11 is 0. The van der Waals surface area contributed by atoms with E-state index < -0.39 is 0 Å². The Morgan fingerprint density at radius 3 is 2.19 bits per heavy atom. The zero-order valence-electron chi connectivity index (χ0n) is 12.3. The van der Waals surface area contributed by atoms with Gasteiger partial charge in [-0.25, -0.2) is 0 Å². The molecular formula is C17H19NO3. The Morgan fingerprint density at radius 2 is 1.62 bits per heavy atom. The lowest BCUT2D eigenvalue weighted by Gasteiger charge is -2.21. The van der Waals surface area contributed by atoms with Crippen LogP contribution in [0.1, 0.15) is 6.92 Å². The van der Waals surface area contributed by atoms with Crippen LogP contribution in [0.5, 0.6) is 11.5 Å². The molecule has 110 valence electrons. The van der Waals surface area contributed by atoms with Crippen LogP contribution in [0.15, 0.2) is 54.6 Å². The summed E-state index contributed by atoms with van der Waals surface area (Å²) in [4.78, 5) is 13.9. The molecule has 0 heterocycles. The van der Waals surface area contributed by atoms with Gasteiger partial charge in [0, 0.05) is 12.2 Å². The first-order valence-corrected chi connectivity index (χ1v) is 6.87. The molecule has 4 heteroatoms. The molecule has 4 nitrogen and oxygen atoms in total. The van der Waals surface area contributed by atoms with Crippen LogP contribution in [-0.4, -0.2) is 26.2 Å². The molecule has 0 atom stereocenters. The van der Waals surface area contributed by atoms with Gasteiger partial charge in [-0.3, -0.25) is 4.79 Å². The molecule has 0 unspecified atom stereocenters. The number of para-hydroxylation sites is 1. The fourth-order valence-corrected chi connectivity index (χ4v) is 2.01. The Hall–Kier alpha value is -2.49. The van der Waals surface area contributed by atoms with Crippen molar-refractivity contribution in [1.29, 1.82) is 0 Å². The maximum absolute atomic E-state index is 12.2. The van der Waals surface area contributed by atoms with Crippen LogP contribution in [0.2, 0.25) is 0 Å². The molecule has 0 aliphatic carbocycles. The summed E-state index contributed by atoms with van der Waals surface area (Å²) < 4.78 is 10.6. The number of hydrogen-bond donors (Lipinski definition) is 0. The van der Waals surface area contributed by atoms with E-state index in [2.05, 4.69) is 0 Å². The predicted octanol–water partition coefficient (Wildman–Crippen LogP) is 3.13. The summed E-state index contributed by atoms with van der Waals surface area (Å²) in [6, 6.07) is 16.7. The Balaban J connectivity index is 1.96. The Morgan fingerprint density at radius 1 is 1.00 bits per heavy atom. The quantitative estimate of drug-likeness (QED) is 0.818. The molecule has 0 aromatic heterocycles. The van der Waals surface area contributed by atoms with Gasteiger partial charge in [-0.15, -0.1) is 0 Å². The molecule has 0 aliphatic rings. The number of ether oxygens (including phenoxy) is 2. The number of methoxy groups -OCH3 is 1. The number of nitrogens with zero attached hydrogens (tertiary/aromatic N) is 1. The molecule has 0 aliphatic heterocycles. The third-order valence-corrected chi connectivity index (χ3v) is 3.11. The standard InChI is InChI=1S/C17H19NO3/c1-3-18(14-7-5-4-6-8-14)17(19)13-21-16-11-9-15(20-2)10-12-16/h4-12H,3,13H2,1-2H3. The van der Waals surface area contributed by atoms with Gasteiger partial charge in [-0.2, -0.15) is 0 Å². The highest BCUT2D eigenvalue weighted by Gasteiger charge is 2.14. The van der Waals surface area contributed by atoms with Gasteiger partial charge < -0.3 is 14.4 Å². The Kier molecular flexibility index (Phi) is 5.21. The minimum atomic E-state index is -0.0699. The number of amides is 1. The topological polar surface area (TPSA) is 38.8 Å². The number of carbonyl (C=O) groups excluding carboxylic acids is 1. The molecule has 2 aromatic rings. The summed E-state index contributed by atoms with van der Waals surface area (Å²) in [7, 11) is 1.61. The van der Waals surface area contributed by atoms with E-state index in [4.69, 9.17) is 9.47 Å². The van der Waals surface area contributed by atoms with Crippen LogP contribution in [0.25, 0.3) is 0 Å². The van der Waals surface area contributed by atoms with Crippen LogP contribution < -0.4 is 14.4 Å². The lowest BCUT2D eigenvalue weighted by Crippen LogP contribution is -2.34. The second-order valence-electron chi connectivity index (χ2n) is 4.44. The fourth-order valence-electron chi connectivity index (χ4n) is 2.01. The number of hydrogen-bond acceptors (Lipinski definition) is 3. The lowest BCUT2D eigenvalue weighted by atomic mass is 10.3. The van der Waals surface area contributed by atoms with E-state index in [1.807, 2.05) is 37.3 Å². The van der Waals surface area contributed by atoms with E-state index in [1.165, 1.54) is 0 Å². The van der Waals surface area contributed by atoms with E-state index in [0.29, 0.717) is 12.3 Å². The first-order chi connectivity index (χ1) is 10.2. The molecule has 0 saturated heterocycles. The Labute approximate surface area is 124 Å². The first-order valence-electron chi connectivity index (χ1n) is 6.87. The van der Waals surface area contributed by atoms with Crippen LogP contribution in [0.3, 0.4) is 0 Å². The van der Waals surface area contributed by atoms with Crippen molar-refractivity contribution >= 4 is 11.6 Å². The van der Waals surface area contributed by atoms with E-state index in [1.54, 1.807) is 36.3 Å². The summed E-state index contributed by atoms with van der Waals surface area (Å²) in [6.07, 6.45) is 0. The smallest absolute Gasteiger partial charge is 0.264 e. The van der Waals surface area contributed by atoms with Crippen molar-refractivity contribution in [3.63, 3.8) is 0 Å². The van der Waals surface area contributed by atoms with Gasteiger partial charge >= 0.3 is 0 Å². The molecule has 0 spiro atoms. The summed E-state index contributed by atoms with van der Waals surface area (Å²) in [5, 5.41) is 0. The van der Waals surface area contributed by atoms with E-state index in [-0.39, 0.29) is 12.5 Å². The first kappa shape index (κ1) is 14.9. The molecular weight excluding hydrogens is 266 g/mol. The van der Waals surface area contributed by atoms with Gasteiger partial charge in [0.2, 0.25) is 0 Å². The van der Waals surface area contributed by atoms with Crippen LogP contribution in [0, 0.1) is 0 Å². The van der Waals surface area contributed by atoms with Gasteiger partial charge in [0.25, 0.3) is 5.91 Å².